The molecule has 3 aromatic heterocycles. The Hall–Kier alpha value is -5.11. The molecule has 0 saturated carbocycles. The summed E-state index contributed by atoms with van der Waals surface area (Å²) in [6.45, 7) is 0. The van der Waals surface area contributed by atoms with Crippen LogP contribution in [0.2, 0.25) is 0 Å². The summed E-state index contributed by atoms with van der Waals surface area (Å²) in [5.74, 6) is -1.53. The van der Waals surface area contributed by atoms with Gasteiger partial charge in [-0.05, 0) is 36.4 Å². The maximum atomic E-state index is 13.3. The molecule has 0 radical (unpaired) electrons. The number of para-hydroxylation sites is 3. The van der Waals surface area contributed by atoms with Crippen LogP contribution in [0.5, 0.6) is 17.2 Å². The van der Waals surface area contributed by atoms with Crippen molar-refractivity contribution in [1.29, 1.82) is 0 Å². The van der Waals surface area contributed by atoms with Gasteiger partial charge in [0.15, 0.2) is 0 Å². The smallest absolute Gasteiger partial charge is 0.344 e. The number of ether oxygens (including phenoxy) is 1. The van der Waals surface area contributed by atoms with Crippen LogP contribution in [-0.4, -0.2) is 5.11 Å². The summed E-state index contributed by atoms with van der Waals surface area (Å²) in [5, 5.41) is 12.4. The molecule has 8 nitrogen and oxygen atoms in total. The van der Waals surface area contributed by atoms with E-state index in [0.29, 0.717) is 10.8 Å². The van der Waals surface area contributed by atoms with Gasteiger partial charge in [0.05, 0.1) is 38.8 Å². The summed E-state index contributed by atoms with van der Waals surface area (Å²) in [5.41, 5.74) is -2.36. The van der Waals surface area contributed by atoms with Crippen LogP contribution in [0.3, 0.4) is 0 Å². The van der Waals surface area contributed by atoms with Crippen molar-refractivity contribution in [1.82, 2.24) is 0 Å². The van der Waals surface area contributed by atoms with Crippen LogP contribution in [-0.2, 0) is 0 Å². The molecule has 8 heteroatoms. The van der Waals surface area contributed by atoms with Crippen molar-refractivity contribution >= 4 is 32.9 Å². The molecule has 0 spiro atoms. The van der Waals surface area contributed by atoms with Gasteiger partial charge in [0, 0.05) is 0 Å². The van der Waals surface area contributed by atoms with Crippen LogP contribution in [0.4, 0.5) is 0 Å². The van der Waals surface area contributed by atoms with Crippen molar-refractivity contribution in [3.05, 3.63) is 121 Å². The fourth-order valence-corrected chi connectivity index (χ4v) is 4.93. The molecule has 0 aliphatic carbocycles. The standard InChI is InChI=1S/C28H14O8/c29-23-13-7-1-4-10-16(13)33-26(30)20(23)19-21-24(14-8-2-5-11-17(14)34-27(21)31)36-25-15-9-3-6-12-18(15)35-28(32)22(19)25/h1-12,19,29H. The van der Waals surface area contributed by atoms with E-state index in [9.17, 15) is 19.5 Å². The first-order valence-corrected chi connectivity index (χ1v) is 11.1. The minimum Gasteiger partial charge on any atom is -0.507 e. The summed E-state index contributed by atoms with van der Waals surface area (Å²) >= 11 is 0. The highest BCUT2D eigenvalue weighted by Crippen LogP contribution is 2.50. The van der Waals surface area contributed by atoms with Crippen molar-refractivity contribution in [3.8, 4) is 17.2 Å². The SMILES string of the molecule is O=c1oc2ccccc2c(O)c1C1c2c(c3ccccc3oc2=O)Oc2c1c(=O)oc1ccccc21. The van der Waals surface area contributed by atoms with Crippen molar-refractivity contribution in [2.24, 2.45) is 0 Å². The zero-order valence-electron chi connectivity index (χ0n) is 18.3. The summed E-state index contributed by atoms with van der Waals surface area (Å²) in [4.78, 5) is 40.0. The molecule has 0 fully saturated rings. The number of fused-ring (bicyclic) bond motifs is 7. The molecule has 0 bridgehead atoms. The van der Waals surface area contributed by atoms with E-state index < -0.39 is 28.5 Å². The first-order valence-electron chi connectivity index (χ1n) is 11.1. The topological polar surface area (TPSA) is 120 Å². The van der Waals surface area contributed by atoms with Gasteiger partial charge in [-0.15, -0.1) is 0 Å². The first-order chi connectivity index (χ1) is 17.5. The minimum atomic E-state index is -1.37. The van der Waals surface area contributed by atoms with E-state index in [0.717, 1.165) is 0 Å². The molecule has 0 amide bonds. The van der Waals surface area contributed by atoms with E-state index in [2.05, 4.69) is 0 Å². The normalized spacial score (nSPS) is 13.0. The Morgan fingerprint density at radius 1 is 0.528 bits per heavy atom. The summed E-state index contributed by atoms with van der Waals surface area (Å²) in [7, 11) is 0. The first kappa shape index (κ1) is 20.3. The summed E-state index contributed by atoms with van der Waals surface area (Å²) < 4.78 is 22.8. The van der Waals surface area contributed by atoms with Gasteiger partial charge >= 0.3 is 16.9 Å². The number of rotatable bonds is 1. The average Bonchev–Trinajstić information content (AvgIpc) is 2.88. The Kier molecular flexibility index (Phi) is 4.05. The Bertz CT molecular complexity index is 1930. The molecular formula is C28H14O8. The Morgan fingerprint density at radius 2 is 0.917 bits per heavy atom. The van der Waals surface area contributed by atoms with Gasteiger partial charge in [-0.1, -0.05) is 36.4 Å². The van der Waals surface area contributed by atoms with E-state index in [1.807, 2.05) is 0 Å². The number of hydrogen-bond donors (Lipinski definition) is 1. The second-order valence-electron chi connectivity index (χ2n) is 8.44. The number of benzene rings is 3. The molecule has 174 valence electrons. The summed E-state index contributed by atoms with van der Waals surface area (Å²) in [6, 6.07) is 20.0. The lowest BCUT2D eigenvalue weighted by atomic mass is 9.83. The molecule has 0 atom stereocenters. The molecule has 0 saturated heterocycles. The van der Waals surface area contributed by atoms with E-state index in [-0.39, 0.29) is 50.3 Å². The predicted molar refractivity (Wildman–Crippen MR) is 130 cm³/mol. The molecule has 4 heterocycles. The molecule has 0 unspecified atom stereocenters. The lowest BCUT2D eigenvalue weighted by molar-refractivity contribution is 0.416. The molecule has 6 aromatic rings. The van der Waals surface area contributed by atoms with E-state index in [4.69, 9.17) is 18.0 Å². The lowest BCUT2D eigenvalue weighted by Gasteiger charge is -2.27. The second-order valence-corrected chi connectivity index (χ2v) is 8.44. The fourth-order valence-electron chi connectivity index (χ4n) is 4.93. The Balaban J connectivity index is 1.70. The highest BCUT2D eigenvalue weighted by Gasteiger charge is 2.41. The lowest BCUT2D eigenvalue weighted by Crippen LogP contribution is -2.29. The molecule has 36 heavy (non-hydrogen) atoms. The number of hydrogen-bond acceptors (Lipinski definition) is 8. The van der Waals surface area contributed by atoms with Gasteiger partial charge in [0.1, 0.15) is 34.0 Å². The Labute approximate surface area is 200 Å². The van der Waals surface area contributed by atoms with E-state index >= 15 is 0 Å². The van der Waals surface area contributed by atoms with E-state index in [1.165, 1.54) is 6.07 Å². The minimum absolute atomic E-state index is 0.110. The quantitative estimate of drug-likeness (QED) is 0.328. The van der Waals surface area contributed by atoms with Gasteiger partial charge in [-0.2, -0.15) is 0 Å². The largest absolute Gasteiger partial charge is 0.507 e. The molecule has 7 rings (SSSR count). The molecule has 1 N–H and O–H groups in total. The van der Waals surface area contributed by atoms with Crippen LogP contribution in [0.15, 0.2) is 100 Å². The van der Waals surface area contributed by atoms with Crippen LogP contribution in [0, 0.1) is 0 Å². The zero-order valence-corrected chi connectivity index (χ0v) is 18.3. The molecular weight excluding hydrogens is 464 g/mol. The van der Waals surface area contributed by atoms with Crippen LogP contribution >= 0.6 is 0 Å². The fraction of sp³-hybridized carbons (Fsp3) is 0.0357. The average molecular weight is 478 g/mol. The monoisotopic (exact) mass is 478 g/mol. The zero-order chi connectivity index (χ0) is 24.6. The third-order valence-electron chi connectivity index (χ3n) is 6.49. The van der Waals surface area contributed by atoms with Crippen molar-refractivity contribution < 1.29 is 23.1 Å². The van der Waals surface area contributed by atoms with Crippen LogP contribution < -0.4 is 21.6 Å². The van der Waals surface area contributed by atoms with Gasteiger partial charge < -0.3 is 23.1 Å². The third-order valence-corrected chi connectivity index (χ3v) is 6.49. The van der Waals surface area contributed by atoms with Crippen LogP contribution in [0.1, 0.15) is 22.6 Å². The highest BCUT2D eigenvalue weighted by molar-refractivity contribution is 5.92. The molecule has 3 aromatic carbocycles. The number of aromatic hydroxyl groups is 1. The Morgan fingerprint density at radius 3 is 1.42 bits per heavy atom. The second kappa shape index (κ2) is 7.19. The van der Waals surface area contributed by atoms with Gasteiger partial charge in [0.25, 0.3) is 0 Å². The maximum Gasteiger partial charge on any atom is 0.344 e. The third kappa shape index (κ3) is 2.66. The van der Waals surface area contributed by atoms with Crippen molar-refractivity contribution in [2.75, 3.05) is 0 Å². The predicted octanol–water partition coefficient (Wildman–Crippen LogP) is 5.00. The van der Waals surface area contributed by atoms with E-state index in [1.54, 1.807) is 66.7 Å². The summed E-state index contributed by atoms with van der Waals surface area (Å²) in [6.07, 6.45) is 0. The van der Waals surface area contributed by atoms with Gasteiger partial charge in [-0.3, -0.25) is 0 Å². The molecule has 1 aliphatic heterocycles. The maximum absolute atomic E-state index is 13.3. The highest BCUT2D eigenvalue weighted by atomic mass is 16.5. The van der Waals surface area contributed by atoms with Gasteiger partial charge in [0.2, 0.25) is 0 Å². The van der Waals surface area contributed by atoms with Crippen molar-refractivity contribution in [2.45, 2.75) is 5.92 Å². The van der Waals surface area contributed by atoms with Crippen molar-refractivity contribution in [3.63, 3.8) is 0 Å². The van der Waals surface area contributed by atoms with Crippen LogP contribution in [0.25, 0.3) is 32.9 Å². The van der Waals surface area contributed by atoms with Gasteiger partial charge in [-0.25, -0.2) is 14.4 Å². The molecule has 1 aliphatic rings.